The van der Waals surface area contributed by atoms with Crippen LogP contribution >= 0.6 is 0 Å². The quantitative estimate of drug-likeness (QED) is 0.616. The zero-order valence-corrected chi connectivity index (χ0v) is 15.8. The number of amides is 1. The van der Waals surface area contributed by atoms with E-state index in [-0.39, 0.29) is 17.3 Å². The predicted molar refractivity (Wildman–Crippen MR) is 104 cm³/mol. The smallest absolute Gasteiger partial charge is 0.238 e. The van der Waals surface area contributed by atoms with E-state index in [9.17, 15) is 13.2 Å². The van der Waals surface area contributed by atoms with Crippen molar-refractivity contribution in [2.24, 2.45) is 5.14 Å². The molecule has 0 saturated carbocycles. The minimum Gasteiger partial charge on any atom is -0.325 e. The van der Waals surface area contributed by atoms with Gasteiger partial charge in [-0.3, -0.25) is 4.79 Å². The number of primary sulfonamides is 1. The summed E-state index contributed by atoms with van der Waals surface area (Å²) >= 11 is 0. The van der Waals surface area contributed by atoms with Gasteiger partial charge in [0, 0.05) is 5.69 Å². The van der Waals surface area contributed by atoms with Gasteiger partial charge in [0.1, 0.15) is 0 Å². The average molecular weight is 375 g/mol. The highest BCUT2D eigenvalue weighted by molar-refractivity contribution is 7.89. The summed E-state index contributed by atoms with van der Waals surface area (Å²) in [6, 6.07) is 14.2. The number of benzene rings is 2. The first kappa shape index (κ1) is 20.1. The van der Waals surface area contributed by atoms with Gasteiger partial charge in [-0.2, -0.15) is 0 Å². The zero-order chi connectivity index (χ0) is 19.2. The molecule has 26 heavy (non-hydrogen) atoms. The molecule has 2 aromatic rings. The monoisotopic (exact) mass is 375 g/mol. The Hall–Kier alpha value is -2.22. The summed E-state index contributed by atoms with van der Waals surface area (Å²) in [5.74, 6) is 0.238. The summed E-state index contributed by atoms with van der Waals surface area (Å²) < 4.78 is 22.4. The lowest BCUT2D eigenvalue weighted by Gasteiger charge is -2.14. The van der Waals surface area contributed by atoms with Crippen molar-refractivity contribution in [3.63, 3.8) is 0 Å². The van der Waals surface area contributed by atoms with E-state index in [1.54, 1.807) is 12.1 Å². The molecule has 0 aromatic heterocycles. The molecule has 0 aliphatic rings. The van der Waals surface area contributed by atoms with Crippen LogP contribution in [0.15, 0.2) is 53.4 Å². The minimum absolute atomic E-state index is 0.0947. The number of hydrogen-bond acceptors (Lipinski definition) is 4. The molecular formula is C19H25N3O3S. The van der Waals surface area contributed by atoms with Gasteiger partial charge < -0.3 is 10.6 Å². The first-order chi connectivity index (χ1) is 12.3. The van der Waals surface area contributed by atoms with Crippen molar-refractivity contribution in [1.29, 1.82) is 0 Å². The van der Waals surface area contributed by atoms with Crippen molar-refractivity contribution in [1.82, 2.24) is 5.32 Å². The molecule has 0 atom stereocenters. The summed E-state index contributed by atoms with van der Waals surface area (Å²) in [6.07, 6.45) is 0.681. The van der Waals surface area contributed by atoms with Gasteiger partial charge in [-0.25, -0.2) is 13.6 Å². The van der Waals surface area contributed by atoms with Crippen molar-refractivity contribution in [2.45, 2.75) is 31.1 Å². The number of hydrogen-bond donors (Lipinski definition) is 3. The maximum Gasteiger partial charge on any atom is 0.238 e. The zero-order valence-electron chi connectivity index (χ0n) is 15.0. The van der Waals surface area contributed by atoms with E-state index in [1.165, 1.54) is 12.1 Å². The summed E-state index contributed by atoms with van der Waals surface area (Å²) in [5, 5.41) is 11.1. The topological polar surface area (TPSA) is 101 Å². The lowest BCUT2D eigenvalue weighted by molar-refractivity contribution is -0.115. The second-order valence-electron chi connectivity index (χ2n) is 6.41. The molecule has 0 saturated heterocycles. The maximum atomic E-state index is 12.1. The summed E-state index contributed by atoms with van der Waals surface area (Å²) in [5.41, 5.74) is 2.92. The van der Waals surface area contributed by atoms with E-state index in [0.717, 1.165) is 16.8 Å². The Morgan fingerprint density at radius 3 is 2.35 bits per heavy atom. The predicted octanol–water partition coefficient (Wildman–Crippen LogP) is 2.23. The summed E-state index contributed by atoms with van der Waals surface area (Å²) in [6.45, 7) is 4.99. The van der Waals surface area contributed by atoms with Gasteiger partial charge in [0.2, 0.25) is 15.9 Å². The first-order valence-corrected chi connectivity index (χ1v) is 10.0. The fourth-order valence-corrected chi connectivity index (χ4v) is 3.10. The molecule has 2 aromatic carbocycles. The largest absolute Gasteiger partial charge is 0.325 e. The number of nitrogens with one attached hydrogen (secondary N) is 2. The lowest BCUT2D eigenvalue weighted by Crippen LogP contribution is -2.29. The van der Waals surface area contributed by atoms with Crippen molar-refractivity contribution >= 4 is 21.6 Å². The van der Waals surface area contributed by atoms with Gasteiger partial charge in [-0.05, 0) is 48.2 Å². The molecule has 2 rings (SSSR count). The molecule has 0 fully saturated rings. The van der Waals surface area contributed by atoms with Crippen LogP contribution in [-0.2, 0) is 21.2 Å². The number of sulfonamides is 1. The first-order valence-electron chi connectivity index (χ1n) is 8.48. The Bertz CT molecular complexity index is 847. The molecular weight excluding hydrogens is 350 g/mol. The van der Waals surface area contributed by atoms with Crippen LogP contribution in [-0.4, -0.2) is 27.4 Å². The summed E-state index contributed by atoms with van der Waals surface area (Å²) in [4.78, 5) is 12.2. The number of para-hydroxylation sites is 1. The molecule has 0 heterocycles. The molecule has 0 aliphatic carbocycles. The van der Waals surface area contributed by atoms with Gasteiger partial charge >= 0.3 is 0 Å². The number of rotatable bonds is 8. The van der Waals surface area contributed by atoms with Crippen LogP contribution in [0.4, 0.5) is 5.69 Å². The van der Waals surface area contributed by atoms with Crippen LogP contribution < -0.4 is 15.8 Å². The van der Waals surface area contributed by atoms with Crippen LogP contribution in [0.25, 0.3) is 0 Å². The van der Waals surface area contributed by atoms with E-state index in [2.05, 4.69) is 24.5 Å². The Kier molecular flexibility index (Phi) is 6.90. The molecule has 0 unspecified atom stereocenters. The molecule has 4 N–H and O–H groups in total. The standard InChI is InChI=1S/C19H25N3O3S/c1-14(2)17-5-3-4-6-18(17)22-19(23)13-21-12-11-15-7-9-16(10-8-15)26(20,24)25/h3-10,14,21H,11-13H2,1-2H3,(H,22,23)(H2,20,24,25). The van der Waals surface area contributed by atoms with E-state index in [4.69, 9.17) is 5.14 Å². The molecule has 0 spiro atoms. The average Bonchev–Trinajstić information content (AvgIpc) is 2.58. The molecule has 140 valence electrons. The Balaban J connectivity index is 1.79. The van der Waals surface area contributed by atoms with Gasteiger partial charge in [-0.15, -0.1) is 0 Å². The normalized spacial score (nSPS) is 11.5. The summed E-state index contributed by atoms with van der Waals surface area (Å²) in [7, 11) is -3.66. The Morgan fingerprint density at radius 1 is 1.08 bits per heavy atom. The highest BCUT2D eigenvalue weighted by Crippen LogP contribution is 2.23. The second-order valence-corrected chi connectivity index (χ2v) is 7.97. The Morgan fingerprint density at radius 2 is 1.73 bits per heavy atom. The number of carbonyl (C=O) groups excluding carboxylic acids is 1. The van der Waals surface area contributed by atoms with Crippen molar-refractivity contribution in [2.75, 3.05) is 18.4 Å². The third-order valence-electron chi connectivity index (χ3n) is 3.98. The fraction of sp³-hybridized carbons (Fsp3) is 0.316. The van der Waals surface area contributed by atoms with E-state index >= 15 is 0 Å². The van der Waals surface area contributed by atoms with Gasteiger partial charge in [0.15, 0.2) is 0 Å². The van der Waals surface area contributed by atoms with Crippen molar-refractivity contribution < 1.29 is 13.2 Å². The van der Waals surface area contributed by atoms with Crippen LogP contribution in [0.2, 0.25) is 0 Å². The van der Waals surface area contributed by atoms with Crippen LogP contribution in [0, 0.1) is 0 Å². The highest BCUT2D eigenvalue weighted by Gasteiger charge is 2.09. The van der Waals surface area contributed by atoms with E-state index in [0.29, 0.717) is 18.9 Å². The van der Waals surface area contributed by atoms with Crippen molar-refractivity contribution in [3.8, 4) is 0 Å². The Labute approximate surface area is 154 Å². The number of carbonyl (C=O) groups is 1. The van der Waals surface area contributed by atoms with E-state index < -0.39 is 10.0 Å². The molecule has 0 radical (unpaired) electrons. The fourth-order valence-electron chi connectivity index (χ4n) is 2.59. The molecule has 7 heteroatoms. The van der Waals surface area contributed by atoms with Crippen LogP contribution in [0.1, 0.15) is 30.9 Å². The lowest BCUT2D eigenvalue weighted by atomic mass is 10.0. The minimum atomic E-state index is -3.66. The number of nitrogens with two attached hydrogens (primary N) is 1. The SMILES string of the molecule is CC(C)c1ccccc1NC(=O)CNCCc1ccc(S(N)(=O)=O)cc1. The van der Waals surface area contributed by atoms with Crippen molar-refractivity contribution in [3.05, 3.63) is 59.7 Å². The van der Waals surface area contributed by atoms with Gasteiger partial charge in [0.05, 0.1) is 11.4 Å². The van der Waals surface area contributed by atoms with Crippen LogP contribution in [0.5, 0.6) is 0 Å². The molecule has 1 amide bonds. The molecule has 0 aliphatic heterocycles. The second kappa shape index (κ2) is 8.93. The third kappa shape index (κ3) is 5.94. The maximum absolute atomic E-state index is 12.1. The van der Waals surface area contributed by atoms with Gasteiger partial charge in [-0.1, -0.05) is 44.2 Å². The molecule has 0 bridgehead atoms. The molecule has 6 nitrogen and oxygen atoms in total. The van der Waals surface area contributed by atoms with Gasteiger partial charge in [0.25, 0.3) is 0 Å². The van der Waals surface area contributed by atoms with Crippen LogP contribution in [0.3, 0.4) is 0 Å². The third-order valence-corrected chi connectivity index (χ3v) is 4.91. The number of anilines is 1. The highest BCUT2D eigenvalue weighted by atomic mass is 32.2. The van der Waals surface area contributed by atoms with E-state index in [1.807, 2.05) is 24.3 Å².